The summed E-state index contributed by atoms with van der Waals surface area (Å²) < 4.78 is 87.2. The maximum absolute atomic E-state index is 12.0. The van der Waals surface area contributed by atoms with Crippen LogP contribution in [0.4, 0.5) is 0 Å². The first-order valence-corrected chi connectivity index (χ1v) is 33.3. The number of benzene rings is 2. The van der Waals surface area contributed by atoms with Gasteiger partial charge in [0.2, 0.25) is 0 Å². The predicted molar refractivity (Wildman–Crippen MR) is 331 cm³/mol. The third-order valence-electron chi connectivity index (χ3n) is 16.5. The van der Waals surface area contributed by atoms with Gasteiger partial charge in [0.15, 0.2) is 43.5 Å². The normalized spacial score (nSPS) is 42.6. The molecule has 35 nitrogen and oxygen atoms in total. The quantitative estimate of drug-likeness (QED) is 0.0667. The van der Waals surface area contributed by atoms with E-state index in [-0.39, 0.29) is 24.5 Å². The van der Waals surface area contributed by atoms with Crippen molar-refractivity contribution in [3.63, 3.8) is 0 Å². The van der Waals surface area contributed by atoms with Gasteiger partial charge in [-0.2, -0.15) is 0 Å². The molecule has 0 radical (unpaired) electrons. The number of hydrogen-bond donors (Lipinski definition) is 17. The van der Waals surface area contributed by atoms with Gasteiger partial charge in [-0.3, -0.25) is 4.79 Å². The van der Waals surface area contributed by atoms with Crippen LogP contribution in [0, 0.1) is 14.3 Å². The van der Waals surface area contributed by atoms with E-state index in [9.17, 15) is 91.6 Å². The monoisotopic (exact) mass is 1780 g/mol. The molecule has 30 atom stereocenters. The number of ketones is 1. The summed E-state index contributed by atoms with van der Waals surface area (Å²) in [5, 5.41) is 200. The fourth-order valence-corrected chi connectivity index (χ4v) is 15.8. The summed E-state index contributed by atoms with van der Waals surface area (Å²) in [4.78, 5) is 11.8. The van der Waals surface area contributed by atoms with Gasteiger partial charge in [0, 0.05) is 6.42 Å². The molecule has 23 heterocycles. The molecular weight excluding hydrogens is 1710 g/mol. The Labute approximate surface area is 581 Å². The molecule has 3 aromatic rings. The molecule has 0 spiro atoms. The van der Waals surface area contributed by atoms with Crippen molar-refractivity contribution in [2.75, 3.05) is 33.0 Å². The first-order valence-electron chi connectivity index (χ1n) is 29.0. The largest absolute Gasteiger partial charge is 0.485 e. The average Bonchev–Trinajstić information content (AvgIpc) is 0.965. The van der Waals surface area contributed by atoms with Gasteiger partial charge in [0.05, 0.1) is 60.1 Å². The van der Waals surface area contributed by atoms with E-state index >= 15 is 0 Å². The number of halogens is 4. The van der Waals surface area contributed by atoms with Gasteiger partial charge in [-0.15, -0.1) is 5.10 Å². The molecule has 39 heteroatoms. The van der Waals surface area contributed by atoms with Crippen molar-refractivity contribution in [3.8, 4) is 17.2 Å². The topological polar surface area (TPSA) is 521 Å². The fourth-order valence-electron chi connectivity index (χ4n) is 11.7. The van der Waals surface area contributed by atoms with Gasteiger partial charge < -0.3 is 153 Å². The Morgan fingerprint density at radius 2 is 0.742 bits per heavy atom. The van der Waals surface area contributed by atoms with Crippen molar-refractivity contribution < 1.29 is 158 Å². The molecule has 12 unspecified atom stereocenters. The lowest BCUT2D eigenvalue weighted by atomic mass is 9.94. The number of hydrogen-bond acceptors (Lipinski definition) is 34. The smallest absolute Gasteiger partial charge is 0.189 e. The molecular formula is C54H71I4N3O32. The highest BCUT2D eigenvalue weighted by molar-refractivity contribution is 14.1. The van der Waals surface area contributed by atoms with Crippen LogP contribution in [-0.2, 0) is 81.2 Å². The van der Waals surface area contributed by atoms with Crippen molar-refractivity contribution >= 4 is 96.1 Å². The van der Waals surface area contributed by atoms with Gasteiger partial charge in [0.25, 0.3) is 0 Å². The number of aliphatic hydroxyl groups excluding tert-OH is 17. The third-order valence-corrected chi connectivity index (χ3v) is 19.7. The van der Waals surface area contributed by atoms with Gasteiger partial charge >= 0.3 is 0 Å². The van der Waals surface area contributed by atoms with Crippen LogP contribution in [0.2, 0.25) is 0 Å². The molecule has 22 aliphatic heterocycles. The Bertz CT molecular complexity index is 2930. The van der Waals surface area contributed by atoms with E-state index in [1.165, 1.54) is 17.8 Å². The number of nitrogens with zero attached hydrogens (tertiary/aromatic N) is 3. The van der Waals surface area contributed by atoms with Gasteiger partial charge in [-0.1, -0.05) is 5.21 Å². The first kappa shape index (κ1) is 74.3. The molecule has 22 aliphatic rings. The zero-order valence-electron chi connectivity index (χ0n) is 48.4. The number of aromatic nitrogens is 3. The van der Waals surface area contributed by atoms with Crippen LogP contribution in [0.25, 0.3) is 0 Å². The SMILES string of the molecule is CC(=O)Cc1cc(I)c(Oc2cc(I)c(OCc3cn(CC4O[C@@H]5O[C@@H]6OC(CO)[C@H](O[C@H]7OC(CO)[C@H](O[C@H]8OC(CO)[C@H](O[C@@H]9C(CO)O[C@@H](O[C@@H]%10C(CO)O[C@H](O[C@H]4C(O)[C@@H]5O)[C@@H](O)C%10O)[C@@H](O)C9O)C(O)[C@H]8O)C(O)[C@H]7O)C(O)[C@H]6O)nn3)c(I)c2)c(I)c1. The second-order valence-corrected chi connectivity index (χ2v) is 27.6. The van der Waals surface area contributed by atoms with Gasteiger partial charge in [-0.25, -0.2) is 4.68 Å². The molecule has 0 saturated carbocycles. The van der Waals surface area contributed by atoms with Crippen LogP contribution >= 0.6 is 90.4 Å². The van der Waals surface area contributed by atoms with Crippen LogP contribution in [0.15, 0.2) is 30.5 Å². The Balaban J connectivity index is 0.918. The number of Topliss-reactive ketones (excluding diaryl/α,β-unsaturated/α-hetero) is 1. The summed E-state index contributed by atoms with van der Waals surface area (Å²) in [5.41, 5.74) is 1.09. The van der Waals surface area contributed by atoms with Crippen molar-refractivity contribution in [2.24, 2.45) is 0 Å². The third kappa shape index (κ3) is 16.0. The molecule has 2 aromatic carbocycles. The van der Waals surface area contributed by atoms with Crippen LogP contribution in [-0.4, -0.2) is 325 Å². The highest BCUT2D eigenvalue weighted by atomic mass is 127. The average molecular weight is 1780 g/mol. The van der Waals surface area contributed by atoms with E-state index in [0.717, 1.165) is 12.7 Å². The highest BCUT2D eigenvalue weighted by Crippen LogP contribution is 2.41. The predicted octanol–water partition coefficient (Wildman–Crippen LogP) is -6.83. The standard InChI is InChI=1S/C54H71I4N3O32/c1-15(67)2-16-3-19(55)42(20(56)4-16)81-18-5-21(57)41(22(58)6-18)80-14-17-7-61(60-59-17)8-23-43-29(68)39(78)53(82-23)93-54-40(79)34(73)48(28(13-66)87-54)92-52-38(77)33(72)47(27(12-65)86-52)91-51-36(75)31(70)45(25(10-63)84-51)88-44-24(9-62)83-50(35(74)30(44)69)90-46-26(11-64)85-49(89-43)37(76)32(46)71/h3-7,23-40,43-54,62-66,68-79H,2,8-14H2,1H3/t23?,24?,25?,26?,27?,28?,29?,30?,31?,32?,33?,34?,35-,36+,37-,38+,39-,40+,43+,44+,45-,46+,47-,48-,49+,50-,51+,52+,53+,54-/m0/s1. The van der Waals surface area contributed by atoms with Gasteiger partial charge in [0.1, 0.15) is 176 Å². The lowest BCUT2D eigenvalue weighted by Gasteiger charge is -2.50. The van der Waals surface area contributed by atoms with Gasteiger partial charge in [-0.05, 0) is 127 Å². The fraction of sp³-hybridized carbons (Fsp3) is 0.722. The zero-order chi connectivity index (χ0) is 67.2. The Morgan fingerprint density at radius 1 is 0.430 bits per heavy atom. The second kappa shape index (κ2) is 32.1. The van der Waals surface area contributed by atoms with Crippen molar-refractivity contribution in [1.29, 1.82) is 0 Å². The number of carbonyl (C=O) groups is 1. The Kier molecular flexibility index (Phi) is 25.6. The van der Waals surface area contributed by atoms with E-state index < -0.39 is 224 Å². The Hall–Kier alpha value is -1.39. The molecule has 12 bridgehead atoms. The molecule has 0 aliphatic carbocycles. The summed E-state index contributed by atoms with van der Waals surface area (Å²) in [5.74, 6) is 1.59. The summed E-state index contributed by atoms with van der Waals surface area (Å²) in [6, 6.07) is 7.29. The van der Waals surface area contributed by atoms with E-state index in [1.807, 2.05) is 12.1 Å². The number of ether oxygens (including phenoxy) is 14. The highest BCUT2D eigenvalue weighted by Gasteiger charge is 2.59. The van der Waals surface area contributed by atoms with Crippen LogP contribution < -0.4 is 9.47 Å². The molecule has 17 N–H and O–H groups in total. The molecule has 0 amide bonds. The minimum absolute atomic E-state index is 0.0233. The molecule has 93 heavy (non-hydrogen) atoms. The van der Waals surface area contributed by atoms with Crippen LogP contribution in [0.3, 0.4) is 0 Å². The van der Waals surface area contributed by atoms with E-state index in [4.69, 9.17) is 66.3 Å². The zero-order valence-corrected chi connectivity index (χ0v) is 57.1. The molecule has 22 fully saturated rings. The number of carbonyl (C=O) groups excluding carboxylic acids is 1. The first-order chi connectivity index (χ1) is 44.3. The lowest BCUT2D eigenvalue weighted by Crippen LogP contribution is -2.69. The molecule has 25 rings (SSSR count). The van der Waals surface area contributed by atoms with Crippen molar-refractivity contribution in [2.45, 2.75) is 211 Å². The van der Waals surface area contributed by atoms with Crippen molar-refractivity contribution in [1.82, 2.24) is 15.0 Å². The minimum Gasteiger partial charge on any atom is -0.485 e. The van der Waals surface area contributed by atoms with E-state index in [0.29, 0.717) is 24.4 Å². The maximum atomic E-state index is 12.0. The summed E-state index contributed by atoms with van der Waals surface area (Å²) in [6.07, 6.45) is -57.9. The van der Waals surface area contributed by atoms with Crippen molar-refractivity contribution in [3.05, 3.63) is 56.0 Å². The molecule has 522 valence electrons. The number of aliphatic hydroxyl groups is 17. The molecule has 22 saturated heterocycles. The second-order valence-electron chi connectivity index (χ2n) is 23.0. The van der Waals surface area contributed by atoms with E-state index in [1.54, 1.807) is 12.1 Å². The maximum Gasteiger partial charge on any atom is 0.189 e. The van der Waals surface area contributed by atoms with Crippen LogP contribution in [0.5, 0.6) is 17.2 Å². The number of rotatable bonds is 14. The lowest BCUT2D eigenvalue weighted by molar-refractivity contribution is -0.408. The summed E-state index contributed by atoms with van der Waals surface area (Å²) in [6.45, 7) is -4.24. The molecule has 1 aromatic heterocycles. The minimum atomic E-state index is -2.20. The Morgan fingerprint density at radius 3 is 1.09 bits per heavy atom. The summed E-state index contributed by atoms with van der Waals surface area (Å²) in [7, 11) is 0. The van der Waals surface area contributed by atoms with E-state index in [2.05, 4.69) is 101 Å². The summed E-state index contributed by atoms with van der Waals surface area (Å²) >= 11 is 8.48. The van der Waals surface area contributed by atoms with Crippen LogP contribution in [0.1, 0.15) is 18.2 Å².